The number of hydrogen-bond donors (Lipinski definition) is 1. The summed E-state index contributed by atoms with van der Waals surface area (Å²) in [5, 5.41) is 15.3. The summed E-state index contributed by atoms with van der Waals surface area (Å²) in [5.74, 6) is 0.874. The summed E-state index contributed by atoms with van der Waals surface area (Å²) in [6.07, 6.45) is 3.48. The van der Waals surface area contributed by atoms with Crippen LogP contribution in [0.15, 0.2) is 48.8 Å². The first-order valence-electron chi connectivity index (χ1n) is 8.70. The number of piperazine rings is 1. The number of nitrogens with one attached hydrogen (secondary N) is 1. The van der Waals surface area contributed by atoms with Gasteiger partial charge in [0.2, 0.25) is 0 Å². The minimum absolute atomic E-state index is 0.0280. The van der Waals surface area contributed by atoms with Gasteiger partial charge in [-0.1, -0.05) is 11.6 Å². The molecule has 0 unspecified atom stereocenters. The molecule has 0 atom stereocenters. The number of benzene rings is 1. The lowest BCUT2D eigenvalue weighted by atomic mass is 10.3. The highest BCUT2D eigenvalue weighted by molar-refractivity contribution is 6.31. The fourth-order valence-corrected chi connectivity index (χ4v) is 3.11. The molecule has 0 radical (unpaired) electrons. The Morgan fingerprint density at radius 1 is 1.07 bits per heavy atom. The van der Waals surface area contributed by atoms with Crippen molar-refractivity contribution in [3.63, 3.8) is 0 Å². The normalized spacial score (nSPS) is 14.2. The number of aromatic nitrogens is 4. The lowest BCUT2D eigenvalue weighted by Crippen LogP contribution is -2.50. The Kier molecular flexibility index (Phi) is 5.07. The zero-order chi connectivity index (χ0) is 19.5. The molecule has 1 aliphatic rings. The topological polar surface area (TPSA) is 79.2 Å². The number of nitrogens with zero attached hydrogens (tertiary/aromatic N) is 6. The highest BCUT2D eigenvalue weighted by Crippen LogP contribution is 2.20. The van der Waals surface area contributed by atoms with E-state index in [1.807, 2.05) is 18.2 Å². The third kappa shape index (κ3) is 3.89. The molecule has 2 aromatic heterocycles. The summed E-state index contributed by atoms with van der Waals surface area (Å²) in [5.41, 5.74) is 0.457. The highest BCUT2D eigenvalue weighted by atomic mass is 35.5. The molecule has 10 heteroatoms. The Morgan fingerprint density at radius 3 is 2.46 bits per heavy atom. The molecule has 28 heavy (non-hydrogen) atoms. The van der Waals surface area contributed by atoms with Crippen LogP contribution in [0.3, 0.4) is 0 Å². The van der Waals surface area contributed by atoms with Crippen LogP contribution in [0.1, 0.15) is 0 Å². The Balaban J connectivity index is 1.33. The van der Waals surface area contributed by atoms with Crippen molar-refractivity contribution in [3.8, 4) is 5.82 Å². The van der Waals surface area contributed by atoms with Gasteiger partial charge in [0.25, 0.3) is 0 Å². The molecule has 0 aliphatic carbocycles. The van der Waals surface area contributed by atoms with Gasteiger partial charge in [-0.25, -0.2) is 13.9 Å². The van der Waals surface area contributed by atoms with E-state index in [1.54, 1.807) is 22.0 Å². The number of amides is 2. The molecule has 4 rings (SSSR count). The van der Waals surface area contributed by atoms with E-state index in [2.05, 4.69) is 25.5 Å². The molecule has 1 saturated heterocycles. The maximum absolute atomic E-state index is 13.2. The zero-order valence-electron chi connectivity index (χ0n) is 14.8. The lowest BCUT2D eigenvalue weighted by molar-refractivity contribution is 0.208. The SMILES string of the molecule is O=C(Nc1ccc(F)c(Cl)c1)N1CCN(c2ccc(-n3cccn3)nn2)CC1. The fourth-order valence-electron chi connectivity index (χ4n) is 2.93. The van der Waals surface area contributed by atoms with Gasteiger partial charge < -0.3 is 15.1 Å². The van der Waals surface area contributed by atoms with E-state index < -0.39 is 5.82 Å². The Morgan fingerprint density at radius 2 is 1.82 bits per heavy atom. The van der Waals surface area contributed by atoms with Crippen molar-refractivity contribution in [3.05, 3.63) is 59.6 Å². The summed E-state index contributed by atoms with van der Waals surface area (Å²) >= 11 is 5.75. The minimum atomic E-state index is -0.520. The quantitative estimate of drug-likeness (QED) is 0.730. The van der Waals surface area contributed by atoms with Crippen molar-refractivity contribution in [2.75, 3.05) is 36.4 Å². The number of anilines is 2. The first-order valence-corrected chi connectivity index (χ1v) is 9.07. The summed E-state index contributed by atoms with van der Waals surface area (Å²) in [7, 11) is 0. The second-order valence-corrected chi connectivity index (χ2v) is 6.64. The largest absolute Gasteiger partial charge is 0.352 e. The predicted octanol–water partition coefficient (Wildman–Crippen LogP) is 2.81. The number of rotatable bonds is 3. The second kappa shape index (κ2) is 7.81. The summed E-state index contributed by atoms with van der Waals surface area (Å²) in [4.78, 5) is 16.2. The van der Waals surface area contributed by atoms with Crippen molar-refractivity contribution in [2.45, 2.75) is 0 Å². The first-order chi connectivity index (χ1) is 13.6. The van der Waals surface area contributed by atoms with Crippen molar-refractivity contribution in [1.29, 1.82) is 0 Å². The van der Waals surface area contributed by atoms with Crippen molar-refractivity contribution >= 4 is 29.1 Å². The van der Waals surface area contributed by atoms with Crippen LogP contribution in [0.4, 0.5) is 20.7 Å². The molecule has 2 amide bonds. The number of hydrogen-bond acceptors (Lipinski definition) is 5. The smallest absolute Gasteiger partial charge is 0.321 e. The molecule has 1 fully saturated rings. The summed E-state index contributed by atoms with van der Waals surface area (Å²) in [6, 6.07) is 9.41. The minimum Gasteiger partial charge on any atom is -0.352 e. The van der Waals surface area contributed by atoms with Crippen LogP contribution in [0.2, 0.25) is 5.02 Å². The van der Waals surface area contributed by atoms with Gasteiger partial charge in [-0.3, -0.25) is 0 Å². The van der Waals surface area contributed by atoms with E-state index in [4.69, 9.17) is 11.6 Å². The highest BCUT2D eigenvalue weighted by Gasteiger charge is 2.22. The van der Waals surface area contributed by atoms with Crippen LogP contribution in [-0.2, 0) is 0 Å². The molecule has 1 N–H and O–H groups in total. The van der Waals surface area contributed by atoms with E-state index in [0.717, 1.165) is 5.82 Å². The van der Waals surface area contributed by atoms with E-state index in [9.17, 15) is 9.18 Å². The van der Waals surface area contributed by atoms with Gasteiger partial charge in [0.05, 0.1) is 5.02 Å². The molecule has 1 aromatic carbocycles. The van der Waals surface area contributed by atoms with Crippen LogP contribution in [-0.4, -0.2) is 57.1 Å². The van der Waals surface area contributed by atoms with Crippen LogP contribution >= 0.6 is 11.6 Å². The summed E-state index contributed by atoms with van der Waals surface area (Å²) in [6.45, 7) is 2.33. The molecule has 0 bridgehead atoms. The van der Waals surface area contributed by atoms with Gasteiger partial charge in [0.15, 0.2) is 11.6 Å². The van der Waals surface area contributed by atoms with E-state index >= 15 is 0 Å². The number of carbonyl (C=O) groups excluding carboxylic acids is 1. The second-order valence-electron chi connectivity index (χ2n) is 6.23. The van der Waals surface area contributed by atoms with E-state index in [-0.39, 0.29) is 11.1 Å². The summed E-state index contributed by atoms with van der Waals surface area (Å²) < 4.78 is 14.9. The molecular weight excluding hydrogens is 385 g/mol. The number of halogens is 2. The van der Waals surface area contributed by atoms with Gasteiger partial charge in [-0.15, -0.1) is 10.2 Å². The molecule has 0 spiro atoms. The predicted molar refractivity (Wildman–Crippen MR) is 103 cm³/mol. The van der Waals surface area contributed by atoms with Gasteiger partial charge in [-0.2, -0.15) is 5.10 Å². The molecule has 3 heterocycles. The Hall–Kier alpha value is -3.20. The molecule has 1 aliphatic heterocycles. The number of urea groups is 1. The van der Waals surface area contributed by atoms with E-state index in [0.29, 0.717) is 37.7 Å². The number of carbonyl (C=O) groups is 1. The fraction of sp³-hybridized carbons (Fsp3) is 0.222. The third-order valence-electron chi connectivity index (χ3n) is 4.44. The van der Waals surface area contributed by atoms with Gasteiger partial charge in [-0.05, 0) is 36.4 Å². The maximum atomic E-state index is 13.2. The molecular formula is C18H17ClFN7O. The van der Waals surface area contributed by atoms with Gasteiger partial charge in [0.1, 0.15) is 5.82 Å². The van der Waals surface area contributed by atoms with Crippen LogP contribution < -0.4 is 10.2 Å². The average Bonchev–Trinajstić information content (AvgIpc) is 3.26. The molecule has 8 nitrogen and oxygen atoms in total. The molecule has 0 saturated carbocycles. The first kappa shape index (κ1) is 18.2. The standard InChI is InChI=1S/C18H17ClFN7O/c19-14-12-13(2-3-15(14)20)22-18(28)26-10-8-25(9-11-26)16-4-5-17(24-23-16)27-7-1-6-21-27/h1-7,12H,8-11H2,(H,22,28). The van der Waals surface area contributed by atoms with E-state index in [1.165, 1.54) is 18.2 Å². The van der Waals surface area contributed by atoms with Crippen LogP contribution in [0.25, 0.3) is 5.82 Å². The van der Waals surface area contributed by atoms with Crippen LogP contribution in [0, 0.1) is 5.82 Å². The monoisotopic (exact) mass is 401 g/mol. The van der Waals surface area contributed by atoms with Gasteiger partial charge in [0, 0.05) is 44.3 Å². The third-order valence-corrected chi connectivity index (χ3v) is 4.73. The van der Waals surface area contributed by atoms with Gasteiger partial charge >= 0.3 is 6.03 Å². The maximum Gasteiger partial charge on any atom is 0.321 e. The Labute approximate surface area is 165 Å². The van der Waals surface area contributed by atoms with Crippen molar-refractivity contribution < 1.29 is 9.18 Å². The zero-order valence-corrected chi connectivity index (χ0v) is 15.6. The van der Waals surface area contributed by atoms with Crippen molar-refractivity contribution in [2.24, 2.45) is 0 Å². The van der Waals surface area contributed by atoms with Crippen LogP contribution in [0.5, 0.6) is 0 Å². The molecule has 3 aromatic rings. The van der Waals surface area contributed by atoms with Crippen molar-refractivity contribution in [1.82, 2.24) is 24.9 Å². The molecule has 144 valence electrons. The lowest BCUT2D eigenvalue weighted by Gasteiger charge is -2.35. The Bertz CT molecular complexity index is 957. The average molecular weight is 402 g/mol.